The Balaban J connectivity index is 1.50. The van der Waals surface area contributed by atoms with Crippen molar-refractivity contribution in [3.63, 3.8) is 0 Å². The minimum Gasteiger partial charge on any atom is -0.493 e. The van der Waals surface area contributed by atoms with Gasteiger partial charge in [0.25, 0.3) is 0 Å². The summed E-state index contributed by atoms with van der Waals surface area (Å²) in [4.78, 5) is 11.5. The molecule has 5 rings (SSSR count). The molecule has 0 spiro atoms. The van der Waals surface area contributed by atoms with Crippen LogP contribution in [0.25, 0.3) is 32.1 Å². The van der Waals surface area contributed by atoms with Crippen LogP contribution in [0.15, 0.2) is 60.7 Å². The Kier molecular flexibility index (Phi) is 5.79. The van der Waals surface area contributed by atoms with Gasteiger partial charge in [-0.1, -0.05) is 30.3 Å². The molecule has 0 radical (unpaired) electrons. The molecule has 0 amide bonds. The molecule has 1 N–H and O–H groups in total. The SMILES string of the molecule is COc1cc2nc(C)nc(NC(C)c3ccc(-c4ccc(F)c5ccccc45)s3)c2cc1OC. The second-order valence-electron chi connectivity index (χ2n) is 8.05. The zero-order chi connectivity index (χ0) is 23.8. The van der Waals surface area contributed by atoms with Crippen molar-refractivity contribution in [2.75, 3.05) is 19.5 Å². The van der Waals surface area contributed by atoms with Gasteiger partial charge in [0.2, 0.25) is 0 Å². The highest BCUT2D eigenvalue weighted by molar-refractivity contribution is 7.15. The molecule has 0 aliphatic rings. The molecule has 3 aromatic carbocycles. The summed E-state index contributed by atoms with van der Waals surface area (Å²) in [6.45, 7) is 3.97. The second-order valence-corrected chi connectivity index (χ2v) is 9.17. The number of fused-ring (bicyclic) bond motifs is 2. The highest BCUT2D eigenvalue weighted by Crippen LogP contribution is 2.38. The zero-order valence-electron chi connectivity index (χ0n) is 19.3. The van der Waals surface area contributed by atoms with E-state index in [1.807, 2.05) is 49.4 Å². The van der Waals surface area contributed by atoms with Crippen LogP contribution in [0.1, 0.15) is 23.7 Å². The van der Waals surface area contributed by atoms with Gasteiger partial charge in [0, 0.05) is 26.6 Å². The fraction of sp³-hybridized carbons (Fsp3) is 0.185. The van der Waals surface area contributed by atoms with E-state index in [1.54, 1.807) is 25.6 Å². The van der Waals surface area contributed by atoms with E-state index < -0.39 is 0 Å². The average molecular weight is 474 g/mol. The monoisotopic (exact) mass is 473 g/mol. The minimum absolute atomic E-state index is 0.00365. The summed E-state index contributed by atoms with van der Waals surface area (Å²) in [7, 11) is 3.22. The molecule has 1 atom stereocenters. The van der Waals surface area contributed by atoms with Crippen LogP contribution in [0.5, 0.6) is 11.5 Å². The normalized spacial score (nSPS) is 12.1. The average Bonchev–Trinajstić information content (AvgIpc) is 3.34. The molecule has 7 heteroatoms. The maximum atomic E-state index is 14.3. The molecule has 0 bridgehead atoms. The summed E-state index contributed by atoms with van der Waals surface area (Å²) in [6, 6.07) is 18.9. The van der Waals surface area contributed by atoms with Crippen LogP contribution in [0.3, 0.4) is 0 Å². The molecule has 5 aromatic rings. The molecular weight excluding hydrogens is 449 g/mol. The van der Waals surface area contributed by atoms with E-state index in [4.69, 9.17) is 9.47 Å². The van der Waals surface area contributed by atoms with Gasteiger partial charge in [-0.15, -0.1) is 11.3 Å². The van der Waals surface area contributed by atoms with E-state index in [1.165, 1.54) is 6.07 Å². The van der Waals surface area contributed by atoms with Crippen LogP contribution in [0, 0.1) is 12.7 Å². The molecule has 1 unspecified atom stereocenters. The molecule has 0 saturated carbocycles. The van der Waals surface area contributed by atoms with Crippen molar-refractivity contribution in [1.29, 1.82) is 0 Å². The summed E-state index contributed by atoms with van der Waals surface area (Å²) >= 11 is 1.68. The lowest BCUT2D eigenvalue weighted by Crippen LogP contribution is -2.08. The van der Waals surface area contributed by atoms with Crippen molar-refractivity contribution in [3.05, 3.63) is 77.2 Å². The Morgan fingerprint density at radius 2 is 1.62 bits per heavy atom. The number of rotatable bonds is 6. The van der Waals surface area contributed by atoms with Crippen molar-refractivity contribution in [2.45, 2.75) is 19.9 Å². The van der Waals surface area contributed by atoms with Crippen molar-refractivity contribution in [1.82, 2.24) is 9.97 Å². The third kappa shape index (κ3) is 3.92. The summed E-state index contributed by atoms with van der Waals surface area (Å²) in [6.07, 6.45) is 0. The standard InChI is InChI=1S/C27H24FN3O2S/c1-15(29-27-20-13-23(32-3)24(33-4)14-22(20)30-16(2)31-27)25-11-12-26(34-25)19-9-10-21(28)18-8-6-5-7-17(18)19/h5-15H,1-4H3,(H,29,30,31). The highest BCUT2D eigenvalue weighted by atomic mass is 32.1. The van der Waals surface area contributed by atoms with Gasteiger partial charge in [-0.05, 0) is 49.1 Å². The van der Waals surface area contributed by atoms with Crippen LogP contribution in [-0.2, 0) is 0 Å². The molecule has 2 aromatic heterocycles. The number of ether oxygens (including phenoxy) is 2. The number of thiophene rings is 1. The molecule has 0 aliphatic heterocycles. The molecule has 172 valence electrons. The van der Waals surface area contributed by atoms with Gasteiger partial charge in [-0.2, -0.15) is 0 Å². The Morgan fingerprint density at radius 3 is 2.38 bits per heavy atom. The van der Waals surface area contributed by atoms with E-state index in [0.717, 1.165) is 37.4 Å². The quantitative estimate of drug-likeness (QED) is 0.284. The Labute approximate surface area is 201 Å². The minimum atomic E-state index is -0.204. The maximum Gasteiger partial charge on any atom is 0.162 e. The predicted molar refractivity (Wildman–Crippen MR) is 137 cm³/mol. The van der Waals surface area contributed by atoms with Crippen molar-refractivity contribution >= 4 is 38.8 Å². The number of nitrogens with one attached hydrogen (secondary N) is 1. The summed E-state index contributed by atoms with van der Waals surface area (Å²) in [5.41, 5.74) is 1.81. The molecule has 2 heterocycles. The number of methoxy groups -OCH3 is 2. The number of anilines is 1. The molecule has 0 fully saturated rings. The Bertz CT molecular complexity index is 1520. The van der Waals surface area contributed by atoms with Gasteiger partial charge in [-0.25, -0.2) is 14.4 Å². The number of aromatic nitrogens is 2. The van der Waals surface area contributed by atoms with E-state index in [0.29, 0.717) is 22.7 Å². The van der Waals surface area contributed by atoms with Crippen LogP contribution in [0.4, 0.5) is 10.2 Å². The van der Waals surface area contributed by atoms with Crippen LogP contribution in [-0.4, -0.2) is 24.2 Å². The topological polar surface area (TPSA) is 56.3 Å². The number of hydrogen-bond donors (Lipinski definition) is 1. The zero-order valence-corrected chi connectivity index (χ0v) is 20.2. The number of aryl methyl sites for hydroxylation is 1. The largest absolute Gasteiger partial charge is 0.493 e. The number of nitrogens with zero attached hydrogens (tertiary/aromatic N) is 2. The second kappa shape index (κ2) is 8.91. The Hall–Kier alpha value is -3.71. The lowest BCUT2D eigenvalue weighted by atomic mass is 10.0. The molecule has 34 heavy (non-hydrogen) atoms. The number of hydrogen-bond acceptors (Lipinski definition) is 6. The van der Waals surface area contributed by atoms with Crippen molar-refractivity contribution in [2.24, 2.45) is 0 Å². The van der Waals surface area contributed by atoms with Crippen LogP contribution in [0.2, 0.25) is 0 Å². The summed E-state index contributed by atoms with van der Waals surface area (Å²) < 4.78 is 25.2. The van der Waals surface area contributed by atoms with Crippen LogP contribution < -0.4 is 14.8 Å². The highest BCUT2D eigenvalue weighted by Gasteiger charge is 2.17. The van der Waals surface area contributed by atoms with Gasteiger partial charge < -0.3 is 14.8 Å². The van der Waals surface area contributed by atoms with E-state index in [-0.39, 0.29) is 11.9 Å². The lowest BCUT2D eigenvalue weighted by molar-refractivity contribution is 0.356. The number of benzene rings is 3. The van der Waals surface area contributed by atoms with Gasteiger partial charge >= 0.3 is 0 Å². The fourth-order valence-electron chi connectivity index (χ4n) is 4.17. The first-order chi connectivity index (χ1) is 16.5. The maximum absolute atomic E-state index is 14.3. The first-order valence-corrected chi connectivity index (χ1v) is 11.7. The van der Waals surface area contributed by atoms with E-state index >= 15 is 0 Å². The van der Waals surface area contributed by atoms with Gasteiger partial charge in [0.1, 0.15) is 17.5 Å². The molecule has 5 nitrogen and oxygen atoms in total. The lowest BCUT2D eigenvalue weighted by Gasteiger charge is -2.16. The van der Waals surface area contributed by atoms with Crippen molar-refractivity contribution in [3.8, 4) is 21.9 Å². The third-order valence-electron chi connectivity index (χ3n) is 5.86. The molecule has 0 saturated heterocycles. The first-order valence-electron chi connectivity index (χ1n) is 10.9. The van der Waals surface area contributed by atoms with Gasteiger partial charge in [0.15, 0.2) is 11.5 Å². The fourth-order valence-corrected chi connectivity index (χ4v) is 5.22. The third-order valence-corrected chi connectivity index (χ3v) is 7.16. The molecule has 0 aliphatic carbocycles. The van der Waals surface area contributed by atoms with Gasteiger partial charge in [0.05, 0.1) is 25.8 Å². The van der Waals surface area contributed by atoms with Crippen LogP contribution >= 0.6 is 11.3 Å². The van der Waals surface area contributed by atoms with Gasteiger partial charge in [-0.3, -0.25) is 0 Å². The van der Waals surface area contributed by atoms with Crippen molar-refractivity contribution < 1.29 is 13.9 Å². The predicted octanol–water partition coefficient (Wildman–Crippen LogP) is 7.15. The van der Waals surface area contributed by atoms with E-state index in [2.05, 4.69) is 34.3 Å². The first kappa shape index (κ1) is 22.1. The Morgan fingerprint density at radius 1 is 0.882 bits per heavy atom. The summed E-state index contributed by atoms with van der Waals surface area (Å²) in [5, 5.41) is 5.95. The summed E-state index contributed by atoms with van der Waals surface area (Å²) in [5.74, 6) is 2.45. The van der Waals surface area contributed by atoms with E-state index in [9.17, 15) is 4.39 Å². The smallest absolute Gasteiger partial charge is 0.162 e. The number of halogens is 1. The molecular formula is C27H24FN3O2S.